The van der Waals surface area contributed by atoms with Gasteiger partial charge in [-0.15, -0.1) is 0 Å². The Balaban J connectivity index is 1.74. The lowest BCUT2D eigenvalue weighted by Crippen LogP contribution is -2.36. The van der Waals surface area contributed by atoms with Crippen molar-refractivity contribution in [2.45, 2.75) is 31.5 Å². The highest BCUT2D eigenvalue weighted by molar-refractivity contribution is 5.81. The largest absolute Gasteiger partial charge is 0.364 e. The smallest absolute Gasteiger partial charge is 0.249 e. The van der Waals surface area contributed by atoms with Gasteiger partial charge in [-0.2, -0.15) is 0 Å². The van der Waals surface area contributed by atoms with Crippen molar-refractivity contribution in [2.75, 3.05) is 13.1 Å². The molecule has 0 aliphatic carbocycles. The number of carbonyl (C=O) groups excluding carboxylic acids is 1. The molecule has 5 heteroatoms. The van der Waals surface area contributed by atoms with Gasteiger partial charge >= 0.3 is 0 Å². The van der Waals surface area contributed by atoms with Gasteiger partial charge < -0.3 is 15.8 Å². The summed E-state index contributed by atoms with van der Waals surface area (Å²) in [7, 11) is 0. The van der Waals surface area contributed by atoms with Gasteiger partial charge in [0.1, 0.15) is 11.9 Å². The molecule has 1 aromatic carbocycles. The van der Waals surface area contributed by atoms with E-state index >= 15 is 0 Å². The number of halogens is 1. The fourth-order valence-electron chi connectivity index (χ4n) is 2.21. The summed E-state index contributed by atoms with van der Waals surface area (Å²) < 4.78 is 18.8. The Morgan fingerprint density at radius 1 is 1.42 bits per heavy atom. The molecule has 1 fully saturated rings. The Hall–Kier alpha value is -1.46. The van der Waals surface area contributed by atoms with Gasteiger partial charge in [0, 0.05) is 13.1 Å². The Morgan fingerprint density at radius 3 is 2.89 bits per heavy atom. The molecule has 0 spiro atoms. The summed E-state index contributed by atoms with van der Waals surface area (Å²) >= 11 is 0. The predicted molar refractivity (Wildman–Crippen MR) is 70.1 cm³/mol. The van der Waals surface area contributed by atoms with Crippen LogP contribution in [0.25, 0.3) is 0 Å². The first-order valence-electron chi connectivity index (χ1n) is 6.57. The average Bonchev–Trinajstić information content (AvgIpc) is 2.90. The predicted octanol–water partition coefficient (Wildman–Crippen LogP) is 0.991. The molecule has 0 radical (unpaired) electrons. The third kappa shape index (κ3) is 3.75. The van der Waals surface area contributed by atoms with Gasteiger partial charge in [0.2, 0.25) is 5.91 Å². The first kappa shape index (κ1) is 14.0. The summed E-state index contributed by atoms with van der Waals surface area (Å²) in [4.78, 5) is 11.8. The summed E-state index contributed by atoms with van der Waals surface area (Å²) in [5, 5.41) is 2.77. The maximum absolute atomic E-state index is 13.4. The molecule has 104 valence electrons. The second-order valence-electron chi connectivity index (χ2n) is 4.69. The fraction of sp³-hybridized carbons (Fsp3) is 0.500. The van der Waals surface area contributed by atoms with Crippen LogP contribution in [-0.2, 0) is 16.0 Å². The van der Waals surface area contributed by atoms with Gasteiger partial charge in [-0.05, 0) is 30.9 Å². The van der Waals surface area contributed by atoms with E-state index in [0.717, 1.165) is 6.42 Å². The van der Waals surface area contributed by atoms with E-state index in [4.69, 9.17) is 10.5 Å². The van der Waals surface area contributed by atoms with Crippen molar-refractivity contribution >= 4 is 5.91 Å². The van der Waals surface area contributed by atoms with Crippen molar-refractivity contribution in [3.05, 3.63) is 35.6 Å². The monoisotopic (exact) mass is 266 g/mol. The van der Waals surface area contributed by atoms with Crippen LogP contribution >= 0.6 is 0 Å². The Bertz CT molecular complexity index is 439. The number of ether oxygens (including phenoxy) is 1. The molecule has 1 heterocycles. The number of nitrogens with one attached hydrogen (secondary N) is 1. The molecule has 1 aliphatic rings. The van der Waals surface area contributed by atoms with Crippen molar-refractivity contribution in [1.82, 2.24) is 5.32 Å². The van der Waals surface area contributed by atoms with Crippen molar-refractivity contribution < 1.29 is 13.9 Å². The Labute approximate surface area is 112 Å². The van der Waals surface area contributed by atoms with Crippen molar-refractivity contribution in [1.29, 1.82) is 0 Å². The lowest BCUT2D eigenvalue weighted by Gasteiger charge is -2.12. The van der Waals surface area contributed by atoms with Crippen LogP contribution in [0.1, 0.15) is 18.4 Å². The SMILES string of the molecule is NC[C@H]1CC[C@@H](C(=O)NCCc2ccccc2F)O1. The third-order valence-electron chi connectivity index (χ3n) is 3.31. The van der Waals surface area contributed by atoms with Gasteiger partial charge in [0.05, 0.1) is 6.10 Å². The van der Waals surface area contributed by atoms with E-state index in [9.17, 15) is 9.18 Å². The molecular weight excluding hydrogens is 247 g/mol. The number of amides is 1. The molecule has 19 heavy (non-hydrogen) atoms. The zero-order chi connectivity index (χ0) is 13.7. The molecule has 4 nitrogen and oxygen atoms in total. The highest BCUT2D eigenvalue weighted by atomic mass is 19.1. The molecule has 0 unspecified atom stereocenters. The molecule has 0 saturated carbocycles. The van der Waals surface area contributed by atoms with Crippen LogP contribution in [-0.4, -0.2) is 31.2 Å². The molecule has 1 saturated heterocycles. The Morgan fingerprint density at radius 2 is 2.21 bits per heavy atom. The molecule has 0 bridgehead atoms. The van der Waals surface area contributed by atoms with E-state index in [2.05, 4.69) is 5.32 Å². The van der Waals surface area contributed by atoms with Crippen LogP contribution in [0.5, 0.6) is 0 Å². The van der Waals surface area contributed by atoms with Gasteiger partial charge in [-0.25, -0.2) is 4.39 Å². The van der Waals surface area contributed by atoms with E-state index in [0.29, 0.717) is 31.5 Å². The maximum Gasteiger partial charge on any atom is 0.249 e. The molecule has 2 rings (SSSR count). The number of hydrogen-bond acceptors (Lipinski definition) is 3. The van der Waals surface area contributed by atoms with Gasteiger partial charge in [-0.1, -0.05) is 18.2 Å². The van der Waals surface area contributed by atoms with Crippen molar-refractivity contribution in [3.8, 4) is 0 Å². The molecule has 3 N–H and O–H groups in total. The maximum atomic E-state index is 13.4. The second-order valence-corrected chi connectivity index (χ2v) is 4.69. The minimum atomic E-state index is -0.408. The van der Waals surface area contributed by atoms with Crippen LogP contribution in [0.3, 0.4) is 0 Å². The molecule has 1 amide bonds. The summed E-state index contributed by atoms with van der Waals surface area (Å²) in [6.45, 7) is 0.853. The summed E-state index contributed by atoms with van der Waals surface area (Å²) in [5.41, 5.74) is 6.10. The van der Waals surface area contributed by atoms with E-state index in [1.165, 1.54) is 6.07 Å². The lowest BCUT2D eigenvalue weighted by molar-refractivity contribution is -0.131. The number of hydrogen-bond donors (Lipinski definition) is 2. The minimum Gasteiger partial charge on any atom is -0.364 e. The van der Waals surface area contributed by atoms with Crippen LogP contribution in [0.4, 0.5) is 4.39 Å². The Kier molecular flexibility index (Phi) is 4.87. The standard InChI is InChI=1S/C14H19FN2O2/c15-12-4-2-1-3-10(12)7-8-17-14(18)13-6-5-11(9-16)19-13/h1-4,11,13H,5-9,16H2,(H,17,18)/t11-,13+/m1/s1. The molecule has 2 atom stereocenters. The normalized spacial score (nSPS) is 22.4. The van der Waals surface area contributed by atoms with E-state index < -0.39 is 6.10 Å². The summed E-state index contributed by atoms with van der Waals surface area (Å²) in [6.07, 6.45) is 1.58. The summed E-state index contributed by atoms with van der Waals surface area (Å²) in [5.74, 6) is -0.371. The first-order chi connectivity index (χ1) is 9.20. The second kappa shape index (κ2) is 6.63. The highest BCUT2D eigenvalue weighted by Gasteiger charge is 2.29. The number of nitrogens with two attached hydrogens (primary N) is 1. The van der Waals surface area contributed by atoms with E-state index in [1.54, 1.807) is 18.2 Å². The topological polar surface area (TPSA) is 64.4 Å². The minimum absolute atomic E-state index is 0.0117. The van der Waals surface area contributed by atoms with E-state index in [1.807, 2.05) is 0 Å². The van der Waals surface area contributed by atoms with Crippen molar-refractivity contribution in [3.63, 3.8) is 0 Å². The zero-order valence-electron chi connectivity index (χ0n) is 10.8. The van der Waals surface area contributed by atoms with Crippen LogP contribution in [0.2, 0.25) is 0 Å². The molecule has 1 aromatic rings. The molecule has 0 aromatic heterocycles. The van der Waals surface area contributed by atoms with Gasteiger partial charge in [0.15, 0.2) is 0 Å². The quantitative estimate of drug-likeness (QED) is 0.835. The summed E-state index contributed by atoms with van der Waals surface area (Å²) in [6, 6.07) is 6.57. The van der Waals surface area contributed by atoms with Gasteiger partial charge in [0.25, 0.3) is 0 Å². The van der Waals surface area contributed by atoms with Crippen LogP contribution in [0.15, 0.2) is 24.3 Å². The van der Waals surface area contributed by atoms with Gasteiger partial charge in [-0.3, -0.25) is 4.79 Å². The van der Waals surface area contributed by atoms with Crippen LogP contribution in [0, 0.1) is 5.82 Å². The number of rotatable bonds is 5. The zero-order valence-corrected chi connectivity index (χ0v) is 10.8. The van der Waals surface area contributed by atoms with Crippen LogP contribution < -0.4 is 11.1 Å². The highest BCUT2D eigenvalue weighted by Crippen LogP contribution is 2.18. The lowest BCUT2D eigenvalue weighted by atomic mass is 10.1. The van der Waals surface area contributed by atoms with Crippen molar-refractivity contribution in [2.24, 2.45) is 5.73 Å². The van der Waals surface area contributed by atoms with E-state index in [-0.39, 0.29) is 17.8 Å². The number of benzene rings is 1. The fourth-order valence-corrected chi connectivity index (χ4v) is 2.21. The molecule has 1 aliphatic heterocycles. The number of carbonyl (C=O) groups is 1. The third-order valence-corrected chi connectivity index (χ3v) is 3.31. The first-order valence-corrected chi connectivity index (χ1v) is 6.57. The average molecular weight is 266 g/mol. The molecular formula is C14H19FN2O2.